The molecule has 1 atom stereocenters. The molecule has 0 amide bonds. The summed E-state index contributed by atoms with van der Waals surface area (Å²) in [5.41, 5.74) is 0. The van der Waals surface area contributed by atoms with Crippen LogP contribution in [0.25, 0.3) is 0 Å². The molecule has 0 heterocycles. The molecular weight excluding hydrogens is 717 g/mol. The average Bonchev–Trinajstić information content (AvgIpc) is 3.03. The van der Waals surface area contributed by atoms with E-state index in [-0.39, 0.29) is 90.0 Å². The molecule has 16 nitrogen and oxygen atoms in total. The molecule has 0 aromatic heterocycles. The number of hydrogen-bond donors (Lipinski definition) is 4. The summed E-state index contributed by atoms with van der Waals surface area (Å²) in [5.74, 6) is 0. The highest BCUT2D eigenvalue weighted by Gasteiger charge is 2.72. The smallest absolute Gasteiger partial charge is 0.215 e. The van der Waals surface area contributed by atoms with Crippen molar-refractivity contribution in [2.45, 2.75) is 131 Å². The molecule has 49 heavy (non-hydrogen) atoms. The van der Waals surface area contributed by atoms with Crippen molar-refractivity contribution in [2.24, 2.45) is 0 Å². The van der Waals surface area contributed by atoms with E-state index in [0.29, 0.717) is 12.8 Å². The van der Waals surface area contributed by atoms with Crippen molar-refractivity contribution in [3.05, 3.63) is 0 Å². The van der Waals surface area contributed by atoms with Crippen LogP contribution in [0.1, 0.15) is 122 Å². The van der Waals surface area contributed by atoms with Gasteiger partial charge < -0.3 is 0 Å². The number of unbranched alkanes of at least 4 members (excludes halogenated alkanes) is 12. The van der Waals surface area contributed by atoms with Crippen molar-refractivity contribution in [3.63, 3.8) is 0 Å². The van der Waals surface area contributed by atoms with Gasteiger partial charge in [-0.05, 0) is 57.8 Å². The summed E-state index contributed by atoms with van der Waals surface area (Å²) < 4.78 is 119. The third-order valence-corrected chi connectivity index (χ3v) is 18.7. The average molecular weight is 769 g/mol. The van der Waals surface area contributed by atoms with E-state index in [2.05, 4.69) is 4.72 Å². The van der Waals surface area contributed by atoms with Crippen LogP contribution < -0.4 is 18.9 Å². The lowest BCUT2D eigenvalue weighted by Crippen LogP contribution is -2.71. The molecular formula is C29H52N8O8S4. The second kappa shape index (κ2) is 24.7. The van der Waals surface area contributed by atoms with Crippen molar-refractivity contribution >= 4 is 40.1 Å². The molecule has 0 aliphatic rings. The second-order valence-corrected chi connectivity index (χ2v) is 19.9. The predicted molar refractivity (Wildman–Crippen MR) is 185 cm³/mol. The fraction of sp³-hybridized carbons (Fsp3) is 0.862. The van der Waals surface area contributed by atoms with Gasteiger partial charge in [0.25, 0.3) is 30.1 Å². The van der Waals surface area contributed by atoms with Crippen LogP contribution in [-0.4, -0.2) is 68.5 Å². The van der Waals surface area contributed by atoms with Gasteiger partial charge >= 0.3 is 3.41 Å². The third kappa shape index (κ3) is 15.2. The molecule has 0 fully saturated rings. The normalized spacial score (nSPS) is 13.2. The molecule has 280 valence electrons. The number of nitriles is 4. The van der Waals surface area contributed by atoms with Gasteiger partial charge in [-0.1, -0.05) is 39.0 Å². The Morgan fingerprint density at radius 1 is 0.469 bits per heavy atom. The lowest BCUT2D eigenvalue weighted by Gasteiger charge is -2.38. The van der Waals surface area contributed by atoms with E-state index in [1.54, 1.807) is 0 Å². The summed E-state index contributed by atoms with van der Waals surface area (Å²) in [4.78, 5) is 0. The Balaban J connectivity index is 7.60. The topological polar surface area (TPSA) is 280 Å². The van der Waals surface area contributed by atoms with Gasteiger partial charge in [-0.25, -0.2) is 52.6 Å². The van der Waals surface area contributed by atoms with Gasteiger partial charge in [0.15, 0.2) is 0 Å². The number of nitrogens with zero attached hydrogens (tertiary/aromatic N) is 4. The molecule has 0 radical (unpaired) electrons. The quantitative estimate of drug-likeness (QED) is 0.0741. The van der Waals surface area contributed by atoms with Crippen LogP contribution in [0.3, 0.4) is 0 Å². The lowest BCUT2D eigenvalue weighted by atomic mass is 10.1. The van der Waals surface area contributed by atoms with Gasteiger partial charge in [0.1, 0.15) is 5.25 Å². The van der Waals surface area contributed by atoms with Crippen LogP contribution in [0.15, 0.2) is 0 Å². The minimum atomic E-state index is -5.65. The van der Waals surface area contributed by atoms with E-state index in [1.165, 1.54) is 0 Å². The van der Waals surface area contributed by atoms with Gasteiger partial charge in [0.05, 0.1) is 24.3 Å². The molecule has 4 N–H and O–H groups in total. The number of hydrogen-bond acceptors (Lipinski definition) is 12. The molecule has 20 heteroatoms. The summed E-state index contributed by atoms with van der Waals surface area (Å²) in [6, 6.07) is 7.60. The lowest BCUT2D eigenvalue weighted by molar-refractivity contribution is 0.490. The zero-order chi connectivity index (χ0) is 37.3. The Hall–Kier alpha value is -2.40. The van der Waals surface area contributed by atoms with Gasteiger partial charge in [-0.2, -0.15) is 21.0 Å². The Morgan fingerprint density at radius 2 is 0.796 bits per heavy atom. The molecule has 1 unspecified atom stereocenters. The van der Waals surface area contributed by atoms with Crippen molar-refractivity contribution in [3.8, 4) is 24.3 Å². The van der Waals surface area contributed by atoms with E-state index in [1.807, 2.05) is 45.4 Å². The first kappa shape index (κ1) is 46.6. The van der Waals surface area contributed by atoms with E-state index in [9.17, 15) is 33.7 Å². The van der Waals surface area contributed by atoms with Crippen LogP contribution in [0.2, 0.25) is 0 Å². The van der Waals surface area contributed by atoms with Gasteiger partial charge in [-0.15, -0.1) is 0 Å². The Bertz CT molecular complexity index is 1440. The number of nitrogens with one attached hydrogen (secondary N) is 4. The van der Waals surface area contributed by atoms with Gasteiger partial charge in [0.2, 0.25) is 10.0 Å². The molecule has 0 aromatic rings. The third-order valence-electron chi connectivity index (χ3n) is 7.50. The second-order valence-electron chi connectivity index (χ2n) is 11.4. The maximum Gasteiger partial charge on any atom is 0.330 e. The molecule has 0 saturated heterocycles. The molecule has 0 aromatic carbocycles. The van der Waals surface area contributed by atoms with Crippen molar-refractivity contribution in [1.29, 1.82) is 21.0 Å². The predicted octanol–water partition coefficient (Wildman–Crippen LogP) is 2.82. The van der Waals surface area contributed by atoms with Crippen LogP contribution in [0.4, 0.5) is 0 Å². The SMILES string of the molecule is CCCCCCCC(C(S(=O)(=O)NCCCCC#N)(S(=O)(=O)NCCCCC#N)S(=O)(=O)NCCCCC#N)S(=O)(=O)NCCCCC#N. The van der Waals surface area contributed by atoms with E-state index in [0.717, 1.165) is 12.8 Å². The molecule has 0 spiro atoms. The van der Waals surface area contributed by atoms with Gasteiger partial charge in [-0.3, -0.25) is 0 Å². The van der Waals surface area contributed by atoms with Crippen LogP contribution in [0, 0.1) is 45.3 Å². The monoisotopic (exact) mass is 768 g/mol. The van der Waals surface area contributed by atoms with Crippen LogP contribution in [-0.2, 0) is 40.1 Å². The summed E-state index contributed by atoms with van der Waals surface area (Å²) in [7, 11) is -22.0. The summed E-state index contributed by atoms with van der Waals surface area (Å²) in [6.45, 7) is 0.189. The molecule has 0 bridgehead atoms. The van der Waals surface area contributed by atoms with Crippen LogP contribution in [0.5, 0.6) is 0 Å². The highest BCUT2D eigenvalue weighted by molar-refractivity contribution is 8.25. The van der Waals surface area contributed by atoms with Crippen molar-refractivity contribution in [2.75, 3.05) is 26.2 Å². The zero-order valence-electron chi connectivity index (χ0n) is 28.3. The first-order chi connectivity index (χ1) is 23.2. The highest BCUT2D eigenvalue weighted by Crippen LogP contribution is 2.40. The number of sulfonamides is 4. The summed E-state index contributed by atoms with van der Waals surface area (Å²) in [6.07, 6.45) is 3.19. The minimum Gasteiger partial charge on any atom is -0.215 e. The fourth-order valence-corrected chi connectivity index (χ4v) is 16.5. The Labute approximate surface area is 294 Å². The number of rotatable bonds is 31. The molecule has 0 aliphatic heterocycles. The summed E-state index contributed by atoms with van der Waals surface area (Å²) >= 11 is 0. The fourth-order valence-electron chi connectivity index (χ4n) is 4.96. The molecule has 0 aliphatic carbocycles. The zero-order valence-corrected chi connectivity index (χ0v) is 31.6. The van der Waals surface area contributed by atoms with Crippen LogP contribution >= 0.6 is 0 Å². The highest BCUT2D eigenvalue weighted by atomic mass is 32.3. The Kier molecular flexibility index (Phi) is 23.5. The standard InChI is InChI=1S/C29H52N8O8S4/c1-2-3-4-5-10-19-28(46(38,39)34-24-15-6-11-20-30)29(47(40,41)35-25-16-7-12-21-31,48(42,43)36-26-17-8-13-22-32)49(44,45)37-27-18-9-14-23-33/h28,34-37H,2-19,24-27H2,1H3. The van der Waals surface area contributed by atoms with Crippen molar-refractivity contribution < 1.29 is 33.7 Å². The van der Waals surface area contributed by atoms with Gasteiger partial charge in [0, 0.05) is 51.9 Å². The minimum absolute atomic E-state index is 0.0190. The maximum atomic E-state index is 14.5. The first-order valence-electron chi connectivity index (χ1n) is 16.6. The molecule has 0 saturated carbocycles. The molecule has 0 rings (SSSR count). The van der Waals surface area contributed by atoms with E-state index < -0.39 is 74.8 Å². The summed E-state index contributed by atoms with van der Waals surface area (Å²) in [5, 5.41) is 32.9. The van der Waals surface area contributed by atoms with E-state index in [4.69, 9.17) is 21.0 Å². The first-order valence-corrected chi connectivity index (χ1v) is 22.6. The van der Waals surface area contributed by atoms with Crippen molar-refractivity contribution in [1.82, 2.24) is 18.9 Å². The Morgan fingerprint density at radius 3 is 1.12 bits per heavy atom. The maximum absolute atomic E-state index is 14.5. The van der Waals surface area contributed by atoms with E-state index >= 15 is 0 Å². The largest absolute Gasteiger partial charge is 0.330 e.